The minimum Gasteiger partial charge on any atom is -0.497 e. The molecule has 2 aliphatic heterocycles. The van der Waals surface area contributed by atoms with Crippen LogP contribution in [0.5, 0.6) is 11.5 Å². The molecule has 170 valence electrons. The Bertz CT molecular complexity index is 955. The lowest BCUT2D eigenvalue weighted by Crippen LogP contribution is -2.50. The molecule has 2 aromatic rings. The van der Waals surface area contributed by atoms with Crippen molar-refractivity contribution in [3.8, 4) is 11.5 Å². The number of nitrogens with zero attached hydrogens (tertiary/aromatic N) is 2. The largest absolute Gasteiger partial charge is 0.497 e. The maximum Gasteiger partial charge on any atom is 0.241 e. The number of anilines is 1. The van der Waals surface area contributed by atoms with Crippen LogP contribution in [0, 0.1) is 5.92 Å². The van der Waals surface area contributed by atoms with Crippen LogP contribution in [-0.2, 0) is 9.59 Å². The van der Waals surface area contributed by atoms with Crippen molar-refractivity contribution in [2.75, 3.05) is 32.6 Å². The summed E-state index contributed by atoms with van der Waals surface area (Å²) in [5.41, 5.74) is 7.90. The van der Waals surface area contributed by atoms with Crippen molar-refractivity contribution in [1.82, 2.24) is 20.7 Å². The molecule has 32 heavy (non-hydrogen) atoms. The highest BCUT2D eigenvalue weighted by atomic mass is 16.5. The molecule has 2 amide bonds. The minimum absolute atomic E-state index is 0.0142. The van der Waals surface area contributed by atoms with Gasteiger partial charge in [-0.25, -0.2) is 10.9 Å². The first-order valence-electron chi connectivity index (χ1n) is 10.8. The smallest absolute Gasteiger partial charge is 0.241 e. The van der Waals surface area contributed by atoms with Crippen molar-refractivity contribution >= 4 is 17.5 Å². The van der Waals surface area contributed by atoms with Gasteiger partial charge in [-0.1, -0.05) is 6.07 Å². The fourth-order valence-corrected chi connectivity index (χ4v) is 4.28. The third kappa shape index (κ3) is 4.84. The number of carbonyl (C=O) groups is 2. The number of methoxy groups -OCH3 is 2. The SMILES string of the molecule is COc1ccc(OC)c(NC(=O)C2CCCN(C(=O)C3CC(c4cccnc4)NN3)C2)c1. The average Bonchev–Trinajstić information content (AvgIpc) is 3.34. The van der Waals surface area contributed by atoms with E-state index in [0.717, 1.165) is 18.4 Å². The number of benzene rings is 1. The number of pyridine rings is 1. The number of aromatic nitrogens is 1. The van der Waals surface area contributed by atoms with Gasteiger partial charge >= 0.3 is 0 Å². The lowest BCUT2D eigenvalue weighted by molar-refractivity contribution is -0.136. The predicted octanol–water partition coefficient (Wildman–Crippen LogP) is 1.88. The topological polar surface area (TPSA) is 105 Å². The van der Waals surface area contributed by atoms with Crippen LogP contribution in [0.2, 0.25) is 0 Å². The molecule has 2 saturated heterocycles. The van der Waals surface area contributed by atoms with Gasteiger partial charge in [0.05, 0.1) is 25.8 Å². The summed E-state index contributed by atoms with van der Waals surface area (Å²) in [6, 6.07) is 8.84. The highest BCUT2D eigenvalue weighted by Gasteiger charge is 2.36. The Hall–Kier alpha value is -3.17. The zero-order valence-electron chi connectivity index (χ0n) is 18.3. The van der Waals surface area contributed by atoms with E-state index < -0.39 is 0 Å². The van der Waals surface area contributed by atoms with E-state index in [-0.39, 0.29) is 29.8 Å². The second-order valence-corrected chi connectivity index (χ2v) is 8.09. The first kappa shape index (κ1) is 22.0. The average molecular weight is 440 g/mol. The van der Waals surface area contributed by atoms with E-state index in [1.54, 1.807) is 49.7 Å². The van der Waals surface area contributed by atoms with Gasteiger partial charge in [0.1, 0.15) is 17.5 Å². The van der Waals surface area contributed by atoms with Crippen LogP contribution in [0.15, 0.2) is 42.7 Å². The van der Waals surface area contributed by atoms with Gasteiger partial charge in [-0.2, -0.15) is 0 Å². The second-order valence-electron chi connectivity index (χ2n) is 8.09. The number of ether oxygens (including phenoxy) is 2. The number of rotatable bonds is 6. The van der Waals surface area contributed by atoms with Gasteiger partial charge in [0.15, 0.2) is 0 Å². The number of piperidine rings is 1. The quantitative estimate of drug-likeness (QED) is 0.631. The third-order valence-electron chi connectivity index (χ3n) is 6.06. The zero-order chi connectivity index (χ0) is 22.5. The molecule has 3 unspecified atom stereocenters. The molecule has 0 saturated carbocycles. The highest BCUT2D eigenvalue weighted by molar-refractivity contribution is 5.95. The van der Waals surface area contributed by atoms with Crippen molar-refractivity contribution in [3.63, 3.8) is 0 Å². The molecular formula is C23H29N5O4. The Labute approximate surface area is 187 Å². The zero-order valence-corrected chi connectivity index (χ0v) is 18.3. The molecule has 3 heterocycles. The van der Waals surface area contributed by atoms with Crippen LogP contribution in [0.25, 0.3) is 0 Å². The number of amides is 2. The lowest BCUT2D eigenvalue weighted by Gasteiger charge is -2.33. The Balaban J connectivity index is 1.37. The molecule has 0 aliphatic carbocycles. The molecular weight excluding hydrogens is 410 g/mol. The van der Waals surface area contributed by atoms with E-state index in [4.69, 9.17) is 9.47 Å². The molecule has 3 atom stereocenters. The van der Waals surface area contributed by atoms with Crippen molar-refractivity contribution in [3.05, 3.63) is 48.3 Å². The van der Waals surface area contributed by atoms with Crippen molar-refractivity contribution in [2.45, 2.75) is 31.3 Å². The Morgan fingerprint density at radius 1 is 1.19 bits per heavy atom. The monoisotopic (exact) mass is 439 g/mol. The van der Waals surface area contributed by atoms with E-state index in [0.29, 0.717) is 36.7 Å². The van der Waals surface area contributed by atoms with E-state index in [1.807, 2.05) is 12.1 Å². The number of hydrogen-bond donors (Lipinski definition) is 3. The summed E-state index contributed by atoms with van der Waals surface area (Å²) in [5, 5.41) is 2.95. The summed E-state index contributed by atoms with van der Waals surface area (Å²) < 4.78 is 10.6. The normalized spacial score (nSPS) is 22.9. The molecule has 4 rings (SSSR count). The van der Waals surface area contributed by atoms with E-state index >= 15 is 0 Å². The molecule has 3 N–H and O–H groups in total. The molecule has 0 bridgehead atoms. The maximum atomic E-state index is 13.1. The number of hydrogen-bond acceptors (Lipinski definition) is 7. The number of hydrazine groups is 1. The molecule has 9 heteroatoms. The van der Waals surface area contributed by atoms with Crippen LogP contribution < -0.4 is 25.6 Å². The number of carbonyl (C=O) groups excluding carboxylic acids is 2. The van der Waals surface area contributed by atoms with Crippen LogP contribution in [0.1, 0.15) is 30.9 Å². The summed E-state index contributed by atoms with van der Waals surface area (Å²) in [6.45, 7) is 1.05. The summed E-state index contributed by atoms with van der Waals surface area (Å²) >= 11 is 0. The third-order valence-corrected chi connectivity index (χ3v) is 6.06. The highest BCUT2D eigenvalue weighted by Crippen LogP contribution is 2.30. The fraction of sp³-hybridized carbons (Fsp3) is 0.435. The first-order valence-corrected chi connectivity index (χ1v) is 10.8. The van der Waals surface area contributed by atoms with Crippen molar-refractivity contribution < 1.29 is 19.1 Å². The molecule has 1 aromatic heterocycles. The Kier molecular flexibility index (Phi) is 6.87. The second kappa shape index (κ2) is 9.97. The van der Waals surface area contributed by atoms with E-state index in [2.05, 4.69) is 21.2 Å². The molecule has 0 radical (unpaired) electrons. The lowest BCUT2D eigenvalue weighted by atomic mass is 9.95. The van der Waals surface area contributed by atoms with Crippen molar-refractivity contribution in [2.24, 2.45) is 5.92 Å². The van der Waals surface area contributed by atoms with Crippen LogP contribution in [0.4, 0.5) is 5.69 Å². The Morgan fingerprint density at radius 2 is 2.06 bits per heavy atom. The van der Waals surface area contributed by atoms with Gasteiger partial charge < -0.3 is 19.7 Å². The Morgan fingerprint density at radius 3 is 2.81 bits per heavy atom. The molecule has 0 spiro atoms. The standard InChI is InChI=1S/C23H29N5O4/c1-31-17-7-8-21(32-2)19(11-17)25-22(29)16-6-4-10-28(14-16)23(30)20-12-18(26-27-20)15-5-3-9-24-13-15/h3,5,7-9,11,13,16,18,20,26-27H,4,6,10,12,14H2,1-2H3,(H,25,29). The van der Waals surface area contributed by atoms with Gasteiger partial charge in [0, 0.05) is 37.6 Å². The summed E-state index contributed by atoms with van der Waals surface area (Å²) in [7, 11) is 3.13. The summed E-state index contributed by atoms with van der Waals surface area (Å²) in [6.07, 6.45) is 5.69. The van der Waals surface area contributed by atoms with Gasteiger partial charge in [0.2, 0.25) is 11.8 Å². The van der Waals surface area contributed by atoms with Gasteiger partial charge in [-0.05, 0) is 43.0 Å². The first-order chi connectivity index (χ1) is 15.6. The van der Waals surface area contributed by atoms with Crippen molar-refractivity contribution in [1.29, 1.82) is 0 Å². The maximum absolute atomic E-state index is 13.1. The minimum atomic E-state index is -0.333. The van der Waals surface area contributed by atoms with Gasteiger partial charge in [-0.3, -0.25) is 14.6 Å². The predicted molar refractivity (Wildman–Crippen MR) is 119 cm³/mol. The fourth-order valence-electron chi connectivity index (χ4n) is 4.28. The van der Waals surface area contributed by atoms with Crippen LogP contribution in [0.3, 0.4) is 0 Å². The van der Waals surface area contributed by atoms with Gasteiger partial charge in [-0.15, -0.1) is 0 Å². The summed E-state index contributed by atoms with van der Waals surface area (Å²) in [5.74, 6) is 0.794. The van der Waals surface area contributed by atoms with Gasteiger partial charge in [0.25, 0.3) is 0 Å². The molecule has 1 aromatic carbocycles. The molecule has 2 fully saturated rings. The van der Waals surface area contributed by atoms with E-state index in [1.165, 1.54) is 0 Å². The number of nitrogens with one attached hydrogen (secondary N) is 3. The molecule has 9 nitrogen and oxygen atoms in total. The van der Waals surface area contributed by atoms with Crippen LogP contribution >= 0.6 is 0 Å². The molecule has 2 aliphatic rings. The summed E-state index contributed by atoms with van der Waals surface area (Å²) in [4.78, 5) is 32.1. The number of likely N-dealkylation sites (tertiary alicyclic amines) is 1. The van der Waals surface area contributed by atoms with E-state index in [9.17, 15) is 9.59 Å². The van der Waals surface area contributed by atoms with Crippen LogP contribution in [-0.4, -0.2) is 55.0 Å².